The molecule has 0 aliphatic heterocycles. The zero-order chi connectivity index (χ0) is 23.3. The third-order valence-electron chi connectivity index (χ3n) is 4.24. The van der Waals surface area contributed by atoms with E-state index in [0.29, 0.717) is 22.6 Å². The van der Waals surface area contributed by atoms with E-state index in [2.05, 4.69) is 15.4 Å². The molecule has 0 saturated carbocycles. The first kappa shape index (κ1) is 23.6. The first-order chi connectivity index (χ1) is 15.1. The molecule has 0 fully saturated rings. The van der Waals surface area contributed by atoms with Gasteiger partial charge in [0.25, 0.3) is 10.0 Å². The molecule has 3 aromatic rings. The molecule has 0 heterocycles. The molecule has 3 rings (SSSR count). The van der Waals surface area contributed by atoms with Crippen molar-refractivity contribution in [3.63, 3.8) is 0 Å². The molecule has 0 aliphatic rings. The van der Waals surface area contributed by atoms with Gasteiger partial charge >= 0.3 is 0 Å². The van der Waals surface area contributed by atoms with Crippen molar-refractivity contribution in [1.82, 2.24) is 0 Å². The SMILES string of the molecule is CC(=O)Nc1cccc(NC(=O)Cc2ccc(NS(=O)(=O)c3ccc(Cl)c(Cl)c3)cc2)c1. The summed E-state index contributed by atoms with van der Waals surface area (Å²) < 4.78 is 27.5. The zero-order valence-electron chi connectivity index (χ0n) is 16.9. The standard InChI is InChI=1S/C22H19Cl2N3O4S/c1-14(28)25-17-3-2-4-18(12-17)26-22(29)11-15-5-7-16(8-6-15)27-32(30,31)19-9-10-20(23)21(24)13-19/h2-10,12-13,27H,11H2,1H3,(H,25,28)(H,26,29). The Morgan fingerprint density at radius 2 is 1.47 bits per heavy atom. The van der Waals surface area contributed by atoms with Crippen molar-refractivity contribution >= 4 is 62.1 Å². The third-order valence-corrected chi connectivity index (χ3v) is 6.36. The van der Waals surface area contributed by atoms with Crippen LogP contribution in [0.25, 0.3) is 0 Å². The summed E-state index contributed by atoms with van der Waals surface area (Å²) >= 11 is 11.7. The fourth-order valence-electron chi connectivity index (χ4n) is 2.82. The lowest BCUT2D eigenvalue weighted by molar-refractivity contribution is -0.115. The van der Waals surface area contributed by atoms with E-state index in [1.165, 1.54) is 25.1 Å². The Kier molecular flexibility index (Phi) is 7.40. The maximum absolute atomic E-state index is 12.5. The lowest BCUT2D eigenvalue weighted by Crippen LogP contribution is -2.15. The third kappa shape index (κ3) is 6.46. The van der Waals surface area contributed by atoms with Crippen LogP contribution in [0.3, 0.4) is 0 Å². The number of sulfonamides is 1. The highest BCUT2D eigenvalue weighted by molar-refractivity contribution is 7.92. The van der Waals surface area contributed by atoms with E-state index in [0.717, 1.165) is 0 Å². The minimum Gasteiger partial charge on any atom is -0.326 e. The lowest BCUT2D eigenvalue weighted by Gasteiger charge is -2.10. The number of halogens is 2. The van der Waals surface area contributed by atoms with Crippen LogP contribution in [0.4, 0.5) is 17.1 Å². The largest absolute Gasteiger partial charge is 0.326 e. The smallest absolute Gasteiger partial charge is 0.261 e. The van der Waals surface area contributed by atoms with Gasteiger partial charge in [-0.2, -0.15) is 0 Å². The minimum atomic E-state index is -3.84. The minimum absolute atomic E-state index is 0.0168. The summed E-state index contributed by atoms with van der Waals surface area (Å²) in [6, 6.07) is 17.3. The molecule has 0 bridgehead atoms. The van der Waals surface area contributed by atoms with Crippen LogP contribution in [0.5, 0.6) is 0 Å². The van der Waals surface area contributed by atoms with E-state index in [1.54, 1.807) is 48.5 Å². The zero-order valence-corrected chi connectivity index (χ0v) is 19.2. The van der Waals surface area contributed by atoms with Gasteiger partial charge in [-0.15, -0.1) is 0 Å². The van der Waals surface area contributed by atoms with Crippen molar-refractivity contribution in [2.45, 2.75) is 18.2 Å². The molecular formula is C22H19Cl2N3O4S. The quantitative estimate of drug-likeness (QED) is 0.435. The Labute approximate surface area is 195 Å². The van der Waals surface area contributed by atoms with Crippen LogP contribution in [0.2, 0.25) is 10.0 Å². The number of anilines is 3. The average Bonchev–Trinajstić information content (AvgIpc) is 2.71. The van der Waals surface area contributed by atoms with Gasteiger partial charge in [0.1, 0.15) is 0 Å². The van der Waals surface area contributed by atoms with E-state index in [9.17, 15) is 18.0 Å². The van der Waals surface area contributed by atoms with Gasteiger partial charge in [-0.1, -0.05) is 41.4 Å². The van der Waals surface area contributed by atoms with Gasteiger partial charge in [0.05, 0.1) is 21.4 Å². The topological polar surface area (TPSA) is 104 Å². The molecule has 0 unspecified atom stereocenters. The van der Waals surface area contributed by atoms with E-state index in [4.69, 9.17) is 23.2 Å². The molecule has 0 atom stereocenters. The van der Waals surface area contributed by atoms with E-state index < -0.39 is 10.0 Å². The average molecular weight is 492 g/mol. The molecule has 7 nitrogen and oxygen atoms in total. The van der Waals surface area contributed by atoms with Gasteiger partial charge < -0.3 is 10.6 Å². The summed E-state index contributed by atoms with van der Waals surface area (Å²) in [5.41, 5.74) is 2.16. The molecule has 0 spiro atoms. The second-order valence-electron chi connectivity index (χ2n) is 6.87. The second kappa shape index (κ2) is 10.0. The summed E-state index contributed by atoms with van der Waals surface area (Å²) in [5, 5.41) is 5.81. The molecule has 166 valence electrons. The van der Waals surface area contributed by atoms with E-state index in [-0.39, 0.29) is 33.2 Å². The summed E-state index contributed by atoms with van der Waals surface area (Å²) in [5.74, 6) is -0.461. The molecule has 0 radical (unpaired) electrons. The van der Waals surface area contributed by atoms with Gasteiger partial charge in [-0.05, 0) is 54.1 Å². The molecule has 3 aromatic carbocycles. The summed E-state index contributed by atoms with van der Waals surface area (Å²) in [4.78, 5) is 23.5. The Balaban J connectivity index is 1.62. The first-order valence-corrected chi connectivity index (χ1v) is 11.6. The Hall–Kier alpha value is -3.07. The molecule has 10 heteroatoms. The second-order valence-corrected chi connectivity index (χ2v) is 9.36. The number of nitrogens with one attached hydrogen (secondary N) is 3. The van der Waals surface area contributed by atoms with Gasteiger partial charge in [0.2, 0.25) is 11.8 Å². The molecule has 2 amide bonds. The van der Waals surface area contributed by atoms with Gasteiger partial charge in [0, 0.05) is 24.0 Å². The van der Waals surface area contributed by atoms with Crippen LogP contribution in [0.15, 0.2) is 71.6 Å². The fourth-order valence-corrected chi connectivity index (χ4v) is 4.26. The molecule has 32 heavy (non-hydrogen) atoms. The van der Waals surface area contributed by atoms with Gasteiger partial charge in [0.15, 0.2) is 0 Å². The first-order valence-electron chi connectivity index (χ1n) is 9.37. The molecular weight excluding hydrogens is 473 g/mol. The molecule has 0 saturated heterocycles. The summed E-state index contributed by atoms with van der Waals surface area (Å²) in [6.45, 7) is 1.40. The molecule has 0 aliphatic carbocycles. The predicted octanol–water partition coefficient (Wildman–Crippen LogP) is 4.93. The number of amides is 2. The van der Waals surface area contributed by atoms with E-state index >= 15 is 0 Å². The number of hydrogen-bond donors (Lipinski definition) is 3. The monoisotopic (exact) mass is 491 g/mol. The Morgan fingerprint density at radius 1 is 0.812 bits per heavy atom. The molecule has 0 aromatic heterocycles. The van der Waals surface area contributed by atoms with Gasteiger partial charge in [-0.3, -0.25) is 14.3 Å². The summed E-state index contributed by atoms with van der Waals surface area (Å²) in [6.07, 6.45) is 0.0875. The van der Waals surface area contributed by atoms with Crippen LogP contribution < -0.4 is 15.4 Å². The predicted molar refractivity (Wildman–Crippen MR) is 127 cm³/mol. The number of carbonyl (C=O) groups excluding carboxylic acids is 2. The Morgan fingerprint density at radius 3 is 2.09 bits per heavy atom. The van der Waals surface area contributed by atoms with Crippen molar-refractivity contribution in [1.29, 1.82) is 0 Å². The van der Waals surface area contributed by atoms with Crippen LogP contribution in [0, 0.1) is 0 Å². The highest BCUT2D eigenvalue weighted by atomic mass is 35.5. The highest BCUT2D eigenvalue weighted by Gasteiger charge is 2.16. The number of carbonyl (C=O) groups is 2. The van der Waals surface area contributed by atoms with Crippen molar-refractivity contribution < 1.29 is 18.0 Å². The van der Waals surface area contributed by atoms with Crippen LogP contribution in [-0.2, 0) is 26.0 Å². The summed E-state index contributed by atoms with van der Waals surface area (Å²) in [7, 11) is -3.84. The van der Waals surface area contributed by atoms with Crippen molar-refractivity contribution in [2.75, 3.05) is 15.4 Å². The normalized spacial score (nSPS) is 11.0. The fraction of sp³-hybridized carbons (Fsp3) is 0.0909. The number of rotatable bonds is 7. The number of hydrogen-bond acceptors (Lipinski definition) is 4. The Bertz CT molecular complexity index is 1260. The van der Waals surface area contributed by atoms with Crippen molar-refractivity contribution in [2.24, 2.45) is 0 Å². The van der Waals surface area contributed by atoms with Crippen LogP contribution >= 0.6 is 23.2 Å². The number of benzene rings is 3. The molecule has 3 N–H and O–H groups in total. The lowest BCUT2D eigenvalue weighted by atomic mass is 10.1. The maximum atomic E-state index is 12.5. The van der Waals surface area contributed by atoms with E-state index in [1.807, 2.05) is 0 Å². The van der Waals surface area contributed by atoms with Crippen LogP contribution in [0.1, 0.15) is 12.5 Å². The van der Waals surface area contributed by atoms with Gasteiger partial charge in [-0.25, -0.2) is 8.42 Å². The highest BCUT2D eigenvalue weighted by Crippen LogP contribution is 2.26. The maximum Gasteiger partial charge on any atom is 0.261 e. The van der Waals surface area contributed by atoms with Crippen molar-refractivity contribution in [3.8, 4) is 0 Å². The van der Waals surface area contributed by atoms with Crippen LogP contribution in [-0.4, -0.2) is 20.2 Å². The van der Waals surface area contributed by atoms with Crippen molar-refractivity contribution in [3.05, 3.63) is 82.3 Å².